The summed E-state index contributed by atoms with van der Waals surface area (Å²) in [5.41, 5.74) is 0.844. The Morgan fingerprint density at radius 1 is 1.10 bits per heavy atom. The highest BCUT2D eigenvalue weighted by molar-refractivity contribution is 6.34. The summed E-state index contributed by atoms with van der Waals surface area (Å²) in [4.78, 5) is 0. The SMILES string of the molecule is OB(O)Oc1ccc(Cl)c(OCc2ccccc2)c1F. The standard InChI is InChI=1S/C13H11BClFO4/c15-10-6-7-11(20-14(17)18)12(16)13(10)19-8-9-4-2-1-3-5-9/h1-7,17-18H,8H2. The number of hydrogen-bond donors (Lipinski definition) is 2. The van der Waals surface area contributed by atoms with Crippen LogP contribution < -0.4 is 9.39 Å². The lowest BCUT2D eigenvalue weighted by Crippen LogP contribution is -2.21. The van der Waals surface area contributed by atoms with Gasteiger partial charge in [-0.15, -0.1) is 0 Å². The Balaban J connectivity index is 2.18. The molecule has 0 aromatic heterocycles. The van der Waals surface area contributed by atoms with E-state index < -0.39 is 13.1 Å². The van der Waals surface area contributed by atoms with E-state index in [0.29, 0.717) is 0 Å². The summed E-state index contributed by atoms with van der Waals surface area (Å²) < 4.78 is 23.9. The average molecular weight is 296 g/mol. The fourth-order valence-electron chi connectivity index (χ4n) is 1.58. The summed E-state index contributed by atoms with van der Waals surface area (Å²) in [7, 11) is -2.12. The maximum absolute atomic E-state index is 14.0. The Morgan fingerprint density at radius 3 is 2.45 bits per heavy atom. The van der Waals surface area contributed by atoms with E-state index in [0.717, 1.165) is 5.56 Å². The van der Waals surface area contributed by atoms with Gasteiger partial charge in [-0.1, -0.05) is 41.9 Å². The van der Waals surface area contributed by atoms with E-state index in [9.17, 15) is 4.39 Å². The van der Waals surface area contributed by atoms with Crippen molar-refractivity contribution in [2.24, 2.45) is 0 Å². The number of halogens is 2. The van der Waals surface area contributed by atoms with Gasteiger partial charge >= 0.3 is 7.32 Å². The van der Waals surface area contributed by atoms with Crippen LogP contribution in [0.1, 0.15) is 5.56 Å². The maximum atomic E-state index is 14.0. The van der Waals surface area contributed by atoms with Gasteiger partial charge in [-0.3, -0.25) is 0 Å². The van der Waals surface area contributed by atoms with Gasteiger partial charge < -0.3 is 19.4 Å². The molecule has 0 aliphatic carbocycles. The predicted molar refractivity (Wildman–Crippen MR) is 73.0 cm³/mol. The van der Waals surface area contributed by atoms with Gasteiger partial charge in [0, 0.05) is 0 Å². The molecule has 0 heterocycles. The van der Waals surface area contributed by atoms with E-state index in [4.69, 9.17) is 26.4 Å². The van der Waals surface area contributed by atoms with Gasteiger partial charge in [0.2, 0.25) is 5.82 Å². The highest BCUT2D eigenvalue weighted by atomic mass is 35.5. The third kappa shape index (κ3) is 3.63. The number of benzene rings is 2. The Labute approximate surface area is 120 Å². The van der Waals surface area contributed by atoms with E-state index in [1.165, 1.54) is 12.1 Å². The van der Waals surface area contributed by atoms with Crippen LogP contribution in [0.15, 0.2) is 42.5 Å². The second-order valence-electron chi connectivity index (χ2n) is 3.91. The molecule has 0 unspecified atom stereocenters. The summed E-state index contributed by atoms with van der Waals surface area (Å²) in [5.74, 6) is -1.44. The van der Waals surface area contributed by atoms with Crippen LogP contribution in [0.2, 0.25) is 5.02 Å². The van der Waals surface area contributed by atoms with Gasteiger partial charge in [0.25, 0.3) is 0 Å². The molecule has 0 saturated heterocycles. The largest absolute Gasteiger partial charge is 0.707 e. The second kappa shape index (κ2) is 6.61. The second-order valence-corrected chi connectivity index (χ2v) is 4.31. The number of rotatable bonds is 5. The highest BCUT2D eigenvalue weighted by Gasteiger charge is 2.20. The molecule has 2 aromatic rings. The molecule has 0 aliphatic heterocycles. The molecule has 0 bridgehead atoms. The molecule has 0 saturated carbocycles. The lowest BCUT2D eigenvalue weighted by molar-refractivity contribution is 0.267. The summed E-state index contributed by atoms with van der Waals surface area (Å²) in [6, 6.07) is 11.7. The molecule has 0 fully saturated rings. The predicted octanol–water partition coefficient (Wildman–Crippen LogP) is 2.41. The first-order valence-electron chi connectivity index (χ1n) is 5.75. The smallest absolute Gasteiger partial charge is 0.509 e. The van der Waals surface area contributed by atoms with Gasteiger partial charge in [0.15, 0.2) is 5.75 Å². The minimum absolute atomic E-state index is 0.0678. The normalized spacial score (nSPS) is 10.2. The third-order valence-electron chi connectivity index (χ3n) is 2.47. The van der Waals surface area contributed by atoms with Gasteiger partial charge in [-0.2, -0.15) is 4.39 Å². The van der Waals surface area contributed by atoms with Crippen molar-refractivity contribution in [2.45, 2.75) is 6.61 Å². The van der Waals surface area contributed by atoms with Crippen molar-refractivity contribution in [1.29, 1.82) is 0 Å². The van der Waals surface area contributed by atoms with Crippen molar-refractivity contribution >= 4 is 18.9 Å². The number of ether oxygens (including phenoxy) is 1. The highest BCUT2D eigenvalue weighted by Crippen LogP contribution is 2.34. The summed E-state index contributed by atoms with van der Waals surface area (Å²) in [6.07, 6.45) is 0. The molecule has 7 heteroatoms. The Morgan fingerprint density at radius 2 is 1.80 bits per heavy atom. The van der Waals surface area contributed by atoms with Crippen LogP contribution in [0.3, 0.4) is 0 Å². The molecule has 0 spiro atoms. The van der Waals surface area contributed by atoms with Crippen LogP contribution in [0, 0.1) is 5.82 Å². The zero-order chi connectivity index (χ0) is 14.5. The zero-order valence-corrected chi connectivity index (χ0v) is 11.0. The first kappa shape index (κ1) is 14.6. The van der Waals surface area contributed by atoms with Crippen molar-refractivity contribution in [3.05, 3.63) is 58.9 Å². The monoisotopic (exact) mass is 296 g/mol. The van der Waals surface area contributed by atoms with Crippen LogP contribution >= 0.6 is 11.6 Å². The molecule has 104 valence electrons. The Hall–Kier alpha value is -1.76. The topological polar surface area (TPSA) is 58.9 Å². The molecular formula is C13H11BClFO4. The third-order valence-corrected chi connectivity index (χ3v) is 2.77. The fourth-order valence-corrected chi connectivity index (χ4v) is 1.78. The van der Waals surface area contributed by atoms with E-state index in [1.807, 2.05) is 30.3 Å². The molecule has 0 radical (unpaired) electrons. The van der Waals surface area contributed by atoms with Crippen LogP contribution in [0.4, 0.5) is 4.39 Å². The van der Waals surface area contributed by atoms with E-state index in [-0.39, 0.29) is 23.1 Å². The minimum atomic E-state index is -2.12. The van der Waals surface area contributed by atoms with Crippen LogP contribution in [-0.2, 0) is 6.61 Å². The molecule has 0 atom stereocenters. The van der Waals surface area contributed by atoms with Crippen molar-refractivity contribution in [3.63, 3.8) is 0 Å². The lowest BCUT2D eigenvalue weighted by Gasteiger charge is -2.12. The molecule has 2 rings (SSSR count). The molecule has 2 aromatic carbocycles. The van der Waals surface area contributed by atoms with Gasteiger partial charge in [-0.25, -0.2) is 0 Å². The van der Waals surface area contributed by atoms with Crippen molar-refractivity contribution in [2.75, 3.05) is 0 Å². The zero-order valence-electron chi connectivity index (χ0n) is 10.3. The van der Waals surface area contributed by atoms with Crippen molar-refractivity contribution in [1.82, 2.24) is 0 Å². The maximum Gasteiger partial charge on any atom is 0.707 e. The Bertz CT molecular complexity index is 580. The van der Waals surface area contributed by atoms with E-state index in [2.05, 4.69) is 4.65 Å². The van der Waals surface area contributed by atoms with E-state index in [1.54, 1.807) is 0 Å². The van der Waals surface area contributed by atoms with Crippen molar-refractivity contribution < 1.29 is 23.8 Å². The first-order chi connectivity index (χ1) is 9.58. The molecule has 2 N–H and O–H groups in total. The average Bonchev–Trinajstić information content (AvgIpc) is 2.43. The molecule has 0 amide bonds. The molecular weight excluding hydrogens is 285 g/mol. The summed E-state index contributed by atoms with van der Waals surface area (Å²) in [5, 5.41) is 17.5. The number of hydrogen-bond acceptors (Lipinski definition) is 4. The fraction of sp³-hybridized carbons (Fsp3) is 0.0769. The van der Waals surface area contributed by atoms with E-state index >= 15 is 0 Å². The van der Waals surface area contributed by atoms with Crippen LogP contribution in [-0.4, -0.2) is 17.4 Å². The summed E-state index contributed by atoms with van der Waals surface area (Å²) >= 11 is 5.86. The van der Waals surface area contributed by atoms with Crippen molar-refractivity contribution in [3.8, 4) is 11.5 Å². The van der Waals surface area contributed by atoms with Crippen LogP contribution in [0.5, 0.6) is 11.5 Å². The minimum Gasteiger partial charge on any atom is -0.509 e. The molecule has 4 nitrogen and oxygen atoms in total. The van der Waals surface area contributed by atoms with Gasteiger partial charge in [0.05, 0.1) is 5.02 Å². The lowest BCUT2D eigenvalue weighted by atomic mass is 10.2. The summed E-state index contributed by atoms with van der Waals surface area (Å²) in [6.45, 7) is 0.128. The van der Waals surface area contributed by atoms with Crippen LogP contribution in [0.25, 0.3) is 0 Å². The molecule has 20 heavy (non-hydrogen) atoms. The molecule has 0 aliphatic rings. The quantitative estimate of drug-likeness (QED) is 0.832. The first-order valence-corrected chi connectivity index (χ1v) is 6.13. The van der Waals surface area contributed by atoms with Gasteiger partial charge in [-0.05, 0) is 17.7 Å². The van der Waals surface area contributed by atoms with Gasteiger partial charge in [0.1, 0.15) is 12.4 Å². The Kier molecular flexibility index (Phi) is 4.84.